The van der Waals surface area contributed by atoms with E-state index in [4.69, 9.17) is 15.2 Å². The maximum Gasteiger partial charge on any atom is 0.126 e. The summed E-state index contributed by atoms with van der Waals surface area (Å²) in [6.45, 7) is 3.09. The lowest BCUT2D eigenvalue weighted by atomic mass is 10.0. The average Bonchev–Trinajstić information content (AvgIpc) is 2.46. The second kappa shape index (κ2) is 7.78. The van der Waals surface area contributed by atoms with E-state index in [1.54, 1.807) is 7.11 Å². The van der Waals surface area contributed by atoms with Crippen molar-refractivity contribution in [3.8, 4) is 22.6 Å². The fraction of sp³-hybridized carbons (Fsp3) is 0.250. The molecule has 0 unspecified atom stereocenters. The van der Waals surface area contributed by atoms with Crippen LogP contribution in [0.15, 0.2) is 42.5 Å². The molecule has 0 spiro atoms. The van der Waals surface area contributed by atoms with Crippen molar-refractivity contribution < 1.29 is 9.47 Å². The van der Waals surface area contributed by atoms with Gasteiger partial charge in [0.25, 0.3) is 0 Å². The topological polar surface area (TPSA) is 44.5 Å². The number of benzene rings is 2. The van der Waals surface area contributed by atoms with Crippen molar-refractivity contribution in [1.82, 2.24) is 0 Å². The largest absolute Gasteiger partial charge is 0.496 e. The Kier molecular flexibility index (Phi) is 6.36. The maximum absolute atomic E-state index is 5.58. The van der Waals surface area contributed by atoms with Crippen LogP contribution in [0.4, 0.5) is 0 Å². The molecule has 0 aliphatic carbocycles. The third-order valence-corrected chi connectivity index (χ3v) is 2.97. The Hall–Kier alpha value is -1.71. The SMILES string of the molecule is COc1ccccc1-c1ccc(OCCN)c(C)c1.Cl. The summed E-state index contributed by atoms with van der Waals surface area (Å²) < 4.78 is 11.0. The van der Waals surface area contributed by atoms with Crippen LogP contribution in [0, 0.1) is 6.92 Å². The molecule has 2 aromatic carbocycles. The van der Waals surface area contributed by atoms with Crippen LogP contribution in [-0.4, -0.2) is 20.3 Å². The van der Waals surface area contributed by atoms with Crippen molar-refractivity contribution in [2.24, 2.45) is 5.73 Å². The molecule has 0 saturated heterocycles. The number of hydrogen-bond donors (Lipinski definition) is 1. The molecule has 2 N–H and O–H groups in total. The molecule has 0 radical (unpaired) electrons. The van der Waals surface area contributed by atoms with E-state index in [1.807, 2.05) is 43.3 Å². The highest BCUT2D eigenvalue weighted by atomic mass is 35.5. The van der Waals surface area contributed by atoms with Gasteiger partial charge in [-0.05, 0) is 36.2 Å². The van der Waals surface area contributed by atoms with E-state index >= 15 is 0 Å². The van der Waals surface area contributed by atoms with Crippen molar-refractivity contribution in [2.75, 3.05) is 20.3 Å². The van der Waals surface area contributed by atoms with E-state index in [9.17, 15) is 0 Å². The van der Waals surface area contributed by atoms with E-state index in [2.05, 4.69) is 6.07 Å². The average molecular weight is 294 g/mol. The van der Waals surface area contributed by atoms with Crippen LogP contribution in [0.25, 0.3) is 11.1 Å². The highest BCUT2D eigenvalue weighted by Crippen LogP contribution is 2.32. The Morgan fingerprint density at radius 3 is 2.45 bits per heavy atom. The third-order valence-electron chi connectivity index (χ3n) is 2.97. The van der Waals surface area contributed by atoms with Crippen LogP contribution in [-0.2, 0) is 0 Å². The molecule has 4 heteroatoms. The maximum atomic E-state index is 5.58. The first-order chi connectivity index (χ1) is 9.26. The van der Waals surface area contributed by atoms with Crippen LogP contribution in [0.2, 0.25) is 0 Å². The summed E-state index contributed by atoms with van der Waals surface area (Å²) in [7, 11) is 1.68. The van der Waals surface area contributed by atoms with Gasteiger partial charge in [-0.3, -0.25) is 0 Å². The van der Waals surface area contributed by atoms with E-state index in [0.717, 1.165) is 28.2 Å². The molecular formula is C16H20ClNO2. The van der Waals surface area contributed by atoms with Crippen molar-refractivity contribution in [3.05, 3.63) is 48.0 Å². The van der Waals surface area contributed by atoms with Gasteiger partial charge in [0.05, 0.1) is 7.11 Å². The number of aryl methyl sites for hydroxylation is 1. The lowest BCUT2D eigenvalue weighted by Crippen LogP contribution is -2.11. The Bertz CT molecular complexity index is 558. The van der Waals surface area contributed by atoms with Crippen LogP contribution >= 0.6 is 12.4 Å². The summed E-state index contributed by atoms with van der Waals surface area (Å²) in [5.74, 6) is 1.75. The van der Waals surface area contributed by atoms with Gasteiger partial charge in [0, 0.05) is 12.1 Å². The van der Waals surface area contributed by atoms with Gasteiger partial charge in [0.2, 0.25) is 0 Å². The molecule has 0 aliphatic rings. The minimum Gasteiger partial charge on any atom is -0.496 e. The van der Waals surface area contributed by atoms with Gasteiger partial charge in [-0.25, -0.2) is 0 Å². The summed E-state index contributed by atoms with van der Waals surface area (Å²) in [5, 5.41) is 0. The van der Waals surface area contributed by atoms with Gasteiger partial charge < -0.3 is 15.2 Å². The summed E-state index contributed by atoms with van der Waals surface area (Å²) >= 11 is 0. The van der Waals surface area contributed by atoms with Crippen molar-refractivity contribution in [2.45, 2.75) is 6.92 Å². The standard InChI is InChI=1S/C16H19NO2.ClH/c1-12-11-13(7-8-15(12)19-10-9-17)14-5-3-4-6-16(14)18-2;/h3-8,11H,9-10,17H2,1-2H3;1H. The second-order valence-corrected chi connectivity index (χ2v) is 4.32. The highest BCUT2D eigenvalue weighted by Gasteiger charge is 2.07. The van der Waals surface area contributed by atoms with Gasteiger partial charge in [-0.15, -0.1) is 12.4 Å². The number of halogens is 1. The molecule has 0 heterocycles. The highest BCUT2D eigenvalue weighted by molar-refractivity contribution is 5.85. The molecule has 0 aromatic heterocycles. The number of para-hydroxylation sites is 1. The van der Waals surface area contributed by atoms with Crippen LogP contribution in [0.3, 0.4) is 0 Å². The summed E-state index contributed by atoms with van der Waals surface area (Å²) in [5.41, 5.74) is 8.74. The monoisotopic (exact) mass is 293 g/mol. The summed E-state index contributed by atoms with van der Waals surface area (Å²) in [4.78, 5) is 0. The Morgan fingerprint density at radius 2 is 1.80 bits per heavy atom. The zero-order valence-electron chi connectivity index (χ0n) is 11.8. The van der Waals surface area contributed by atoms with Gasteiger partial charge in [-0.1, -0.05) is 24.3 Å². The second-order valence-electron chi connectivity index (χ2n) is 4.32. The predicted octanol–water partition coefficient (Wildman–Crippen LogP) is 3.43. The first kappa shape index (κ1) is 16.3. The van der Waals surface area contributed by atoms with E-state index in [1.165, 1.54) is 0 Å². The van der Waals surface area contributed by atoms with Crippen LogP contribution in [0.5, 0.6) is 11.5 Å². The number of nitrogens with two attached hydrogens (primary N) is 1. The fourth-order valence-electron chi connectivity index (χ4n) is 2.03. The van der Waals surface area contributed by atoms with Gasteiger partial charge in [0.1, 0.15) is 18.1 Å². The first-order valence-electron chi connectivity index (χ1n) is 6.33. The molecule has 0 amide bonds. The molecule has 0 fully saturated rings. The molecular weight excluding hydrogens is 274 g/mol. The van der Waals surface area contributed by atoms with Crippen molar-refractivity contribution in [1.29, 1.82) is 0 Å². The van der Waals surface area contributed by atoms with Crippen molar-refractivity contribution >= 4 is 12.4 Å². The van der Waals surface area contributed by atoms with Crippen LogP contribution in [0.1, 0.15) is 5.56 Å². The Labute approximate surface area is 126 Å². The molecule has 0 bridgehead atoms. The predicted molar refractivity (Wildman–Crippen MR) is 85.0 cm³/mol. The summed E-state index contributed by atoms with van der Waals surface area (Å²) in [6.07, 6.45) is 0. The molecule has 0 aliphatic heterocycles. The zero-order valence-corrected chi connectivity index (χ0v) is 12.6. The molecule has 2 aromatic rings. The first-order valence-corrected chi connectivity index (χ1v) is 6.33. The normalized spacial score (nSPS) is 9.75. The molecule has 108 valence electrons. The number of rotatable bonds is 5. The number of ether oxygens (including phenoxy) is 2. The molecule has 0 saturated carbocycles. The van der Waals surface area contributed by atoms with Gasteiger partial charge in [0.15, 0.2) is 0 Å². The molecule has 3 nitrogen and oxygen atoms in total. The third kappa shape index (κ3) is 3.65. The summed E-state index contributed by atoms with van der Waals surface area (Å²) in [6, 6.07) is 14.1. The van der Waals surface area contributed by atoms with E-state index in [-0.39, 0.29) is 12.4 Å². The van der Waals surface area contributed by atoms with Crippen LogP contribution < -0.4 is 15.2 Å². The minimum atomic E-state index is 0. The van der Waals surface area contributed by atoms with Crippen molar-refractivity contribution in [3.63, 3.8) is 0 Å². The molecule has 20 heavy (non-hydrogen) atoms. The molecule has 0 atom stereocenters. The minimum absolute atomic E-state index is 0. The Balaban J connectivity index is 0.00000200. The van der Waals surface area contributed by atoms with E-state index in [0.29, 0.717) is 13.2 Å². The van der Waals surface area contributed by atoms with E-state index < -0.39 is 0 Å². The lowest BCUT2D eigenvalue weighted by Gasteiger charge is -2.12. The van der Waals surface area contributed by atoms with Gasteiger partial charge in [-0.2, -0.15) is 0 Å². The number of hydrogen-bond acceptors (Lipinski definition) is 3. The zero-order chi connectivity index (χ0) is 13.7. The fourth-order valence-corrected chi connectivity index (χ4v) is 2.03. The quantitative estimate of drug-likeness (QED) is 0.918. The Morgan fingerprint density at radius 1 is 1.05 bits per heavy atom. The molecule has 2 rings (SSSR count). The smallest absolute Gasteiger partial charge is 0.126 e. The van der Waals surface area contributed by atoms with Gasteiger partial charge >= 0.3 is 0 Å². The lowest BCUT2D eigenvalue weighted by molar-refractivity contribution is 0.326. The number of methoxy groups -OCH3 is 1.